The molecule has 1 saturated carbocycles. The molecule has 122 valence electrons. The number of benzene rings is 1. The lowest BCUT2D eigenvalue weighted by atomic mass is 10.0. The Bertz CT molecular complexity index is 659. The van der Waals surface area contributed by atoms with E-state index >= 15 is 0 Å². The van der Waals surface area contributed by atoms with Gasteiger partial charge in [0.2, 0.25) is 5.91 Å². The lowest BCUT2D eigenvalue weighted by Gasteiger charge is -2.33. The lowest BCUT2D eigenvalue weighted by Crippen LogP contribution is -2.57. The number of carbonyl (C=O) groups excluding carboxylic acids is 2. The van der Waals surface area contributed by atoms with Crippen molar-refractivity contribution in [3.05, 3.63) is 28.7 Å². The molecule has 4 rings (SSSR count). The molecular weight excluding hydrogens is 358 g/mol. The van der Waals surface area contributed by atoms with Gasteiger partial charge in [-0.05, 0) is 43.4 Å². The van der Waals surface area contributed by atoms with Crippen LogP contribution in [0.1, 0.15) is 19.3 Å². The van der Waals surface area contributed by atoms with Crippen LogP contribution in [-0.4, -0.2) is 43.0 Å². The molecule has 1 aliphatic carbocycles. The van der Waals surface area contributed by atoms with Gasteiger partial charge in [0, 0.05) is 36.3 Å². The number of carbonyl (C=O) groups is 2. The summed E-state index contributed by atoms with van der Waals surface area (Å²) < 4.78 is 1.07. The first kappa shape index (κ1) is 15.0. The molecule has 3 amide bonds. The quantitative estimate of drug-likeness (QED) is 0.880. The number of halogens is 1. The summed E-state index contributed by atoms with van der Waals surface area (Å²) in [6.07, 6.45) is 2.84. The Morgan fingerprint density at radius 3 is 2.87 bits per heavy atom. The lowest BCUT2D eigenvalue weighted by molar-refractivity contribution is -0.135. The van der Waals surface area contributed by atoms with Gasteiger partial charge in [-0.3, -0.25) is 9.69 Å². The Kier molecular flexibility index (Phi) is 3.59. The third-order valence-electron chi connectivity index (χ3n) is 5.28. The molecular formula is C17H20BrN3O2. The van der Waals surface area contributed by atoms with Crippen LogP contribution in [0.5, 0.6) is 0 Å². The highest BCUT2D eigenvalue weighted by Gasteiger charge is 2.55. The van der Waals surface area contributed by atoms with Gasteiger partial charge in [0.05, 0.1) is 5.41 Å². The van der Waals surface area contributed by atoms with Crippen LogP contribution >= 0.6 is 15.9 Å². The number of amides is 3. The van der Waals surface area contributed by atoms with Crippen molar-refractivity contribution < 1.29 is 9.59 Å². The molecule has 2 aliphatic heterocycles. The van der Waals surface area contributed by atoms with E-state index in [2.05, 4.69) is 38.3 Å². The zero-order valence-electron chi connectivity index (χ0n) is 12.9. The maximum absolute atomic E-state index is 12.5. The average Bonchev–Trinajstić information content (AvgIpc) is 3.18. The van der Waals surface area contributed by atoms with Crippen molar-refractivity contribution in [2.75, 3.05) is 31.1 Å². The van der Waals surface area contributed by atoms with Crippen LogP contribution in [0.25, 0.3) is 0 Å². The zero-order chi connectivity index (χ0) is 16.0. The topological polar surface area (TPSA) is 52.7 Å². The van der Waals surface area contributed by atoms with E-state index in [1.165, 1.54) is 10.6 Å². The minimum atomic E-state index is -0.267. The molecule has 1 aromatic carbocycles. The zero-order valence-corrected chi connectivity index (χ0v) is 14.5. The van der Waals surface area contributed by atoms with E-state index in [9.17, 15) is 9.59 Å². The predicted octanol–water partition coefficient (Wildman–Crippen LogP) is 2.61. The molecule has 0 radical (unpaired) electrons. The van der Waals surface area contributed by atoms with Crippen LogP contribution in [0, 0.1) is 11.3 Å². The number of rotatable bonds is 3. The van der Waals surface area contributed by atoms with E-state index in [0.717, 1.165) is 36.8 Å². The van der Waals surface area contributed by atoms with Crippen molar-refractivity contribution in [2.24, 2.45) is 11.3 Å². The summed E-state index contributed by atoms with van der Waals surface area (Å²) in [6.45, 7) is 2.92. The molecule has 6 heteroatoms. The molecule has 1 N–H and O–H groups in total. The molecule has 1 spiro atoms. The average molecular weight is 378 g/mol. The number of nitrogens with one attached hydrogen (secondary N) is 1. The molecule has 2 heterocycles. The van der Waals surface area contributed by atoms with E-state index in [0.29, 0.717) is 19.0 Å². The van der Waals surface area contributed by atoms with Crippen LogP contribution < -0.4 is 10.2 Å². The van der Waals surface area contributed by atoms with Crippen LogP contribution in [0.2, 0.25) is 0 Å². The molecule has 3 aliphatic rings. The van der Waals surface area contributed by atoms with E-state index < -0.39 is 0 Å². The fourth-order valence-electron chi connectivity index (χ4n) is 3.65. The molecule has 23 heavy (non-hydrogen) atoms. The first-order valence-corrected chi connectivity index (χ1v) is 8.97. The maximum atomic E-state index is 12.5. The molecule has 1 atom stereocenters. The minimum Gasteiger partial charge on any atom is -0.371 e. The maximum Gasteiger partial charge on any atom is 0.324 e. The van der Waals surface area contributed by atoms with Crippen LogP contribution in [0.3, 0.4) is 0 Å². The monoisotopic (exact) mass is 377 g/mol. The normalized spacial score (nSPS) is 25.9. The van der Waals surface area contributed by atoms with E-state index in [4.69, 9.17) is 0 Å². The third-order valence-corrected chi connectivity index (χ3v) is 5.77. The Labute approximate surface area is 144 Å². The first-order chi connectivity index (χ1) is 11.1. The molecule has 1 aromatic rings. The van der Waals surface area contributed by atoms with Crippen molar-refractivity contribution in [1.29, 1.82) is 0 Å². The minimum absolute atomic E-state index is 0.0437. The molecule has 0 bridgehead atoms. The van der Waals surface area contributed by atoms with Gasteiger partial charge in [-0.1, -0.05) is 22.0 Å². The largest absolute Gasteiger partial charge is 0.371 e. The van der Waals surface area contributed by atoms with Gasteiger partial charge in [0.25, 0.3) is 0 Å². The molecule has 2 saturated heterocycles. The van der Waals surface area contributed by atoms with Crippen molar-refractivity contribution in [3.8, 4) is 0 Å². The van der Waals surface area contributed by atoms with Crippen molar-refractivity contribution >= 4 is 33.6 Å². The predicted molar refractivity (Wildman–Crippen MR) is 91.2 cm³/mol. The Hall–Kier alpha value is -1.56. The summed E-state index contributed by atoms with van der Waals surface area (Å²) in [5, 5.41) is 2.89. The number of nitrogens with zero attached hydrogens (tertiary/aromatic N) is 2. The summed E-state index contributed by atoms with van der Waals surface area (Å²) in [6, 6.07) is 8.05. The van der Waals surface area contributed by atoms with E-state index in [-0.39, 0.29) is 17.4 Å². The standard InChI is InChI=1S/C17H20BrN3O2/c18-13-2-1-3-14(8-13)20-7-4-12(9-20)10-21-15(22)17(5-6-17)11-19-16(21)23/h1-3,8,12H,4-7,9-11H2,(H,19,23). The third kappa shape index (κ3) is 2.73. The second-order valence-electron chi connectivity index (χ2n) is 6.94. The Morgan fingerprint density at radius 1 is 1.30 bits per heavy atom. The van der Waals surface area contributed by atoms with Crippen molar-refractivity contribution in [3.63, 3.8) is 0 Å². The summed E-state index contributed by atoms with van der Waals surface area (Å²) in [7, 11) is 0. The van der Waals surface area contributed by atoms with Gasteiger partial charge in [0.1, 0.15) is 0 Å². The first-order valence-electron chi connectivity index (χ1n) is 8.18. The van der Waals surface area contributed by atoms with E-state index in [1.807, 2.05) is 12.1 Å². The van der Waals surface area contributed by atoms with Crippen LogP contribution in [0.4, 0.5) is 10.5 Å². The highest BCUT2D eigenvalue weighted by atomic mass is 79.9. The molecule has 3 fully saturated rings. The van der Waals surface area contributed by atoms with Gasteiger partial charge < -0.3 is 10.2 Å². The van der Waals surface area contributed by atoms with Gasteiger partial charge >= 0.3 is 6.03 Å². The fraction of sp³-hybridized carbons (Fsp3) is 0.529. The van der Waals surface area contributed by atoms with Crippen LogP contribution in [0.15, 0.2) is 28.7 Å². The number of anilines is 1. The van der Waals surface area contributed by atoms with Crippen LogP contribution in [-0.2, 0) is 4.79 Å². The summed E-state index contributed by atoms with van der Waals surface area (Å²) >= 11 is 3.51. The molecule has 5 nitrogen and oxygen atoms in total. The van der Waals surface area contributed by atoms with Gasteiger partial charge in [-0.25, -0.2) is 4.79 Å². The van der Waals surface area contributed by atoms with Gasteiger partial charge in [0.15, 0.2) is 0 Å². The number of urea groups is 1. The second kappa shape index (κ2) is 5.51. The number of hydrogen-bond donors (Lipinski definition) is 1. The summed E-state index contributed by atoms with van der Waals surface area (Å²) in [4.78, 5) is 28.4. The highest BCUT2D eigenvalue weighted by molar-refractivity contribution is 9.10. The smallest absolute Gasteiger partial charge is 0.324 e. The highest BCUT2D eigenvalue weighted by Crippen LogP contribution is 2.48. The van der Waals surface area contributed by atoms with Crippen molar-refractivity contribution in [1.82, 2.24) is 10.2 Å². The van der Waals surface area contributed by atoms with E-state index in [1.54, 1.807) is 0 Å². The van der Waals surface area contributed by atoms with Gasteiger partial charge in [-0.15, -0.1) is 0 Å². The summed E-state index contributed by atoms with van der Waals surface area (Å²) in [5.74, 6) is 0.389. The summed E-state index contributed by atoms with van der Waals surface area (Å²) in [5.41, 5.74) is 0.922. The molecule has 0 aromatic heterocycles. The second-order valence-corrected chi connectivity index (χ2v) is 7.85. The van der Waals surface area contributed by atoms with Gasteiger partial charge in [-0.2, -0.15) is 0 Å². The SMILES string of the molecule is O=C1NCC2(CC2)C(=O)N1CC1CCN(c2cccc(Br)c2)C1. The number of imide groups is 1. The van der Waals surface area contributed by atoms with Crippen molar-refractivity contribution in [2.45, 2.75) is 19.3 Å². The Balaban J connectivity index is 1.42. The molecule has 1 unspecified atom stereocenters. The number of hydrogen-bond acceptors (Lipinski definition) is 3. The fourth-order valence-corrected chi connectivity index (χ4v) is 4.04. The Morgan fingerprint density at radius 2 is 2.13 bits per heavy atom.